The van der Waals surface area contributed by atoms with E-state index >= 15 is 0 Å². The Kier molecular flexibility index (Phi) is 2.36. The van der Waals surface area contributed by atoms with E-state index in [1.54, 1.807) is 6.07 Å². The van der Waals surface area contributed by atoms with Gasteiger partial charge in [0.1, 0.15) is 0 Å². The highest BCUT2D eigenvalue weighted by atomic mass is 127. The van der Waals surface area contributed by atoms with Gasteiger partial charge in [-0.1, -0.05) is 11.6 Å². The molecule has 0 unspecified atom stereocenters. The molecule has 0 saturated heterocycles. The third-order valence-corrected chi connectivity index (χ3v) is 2.65. The molecule has 0 spiro atoms. The Bertz CT molecular complexity index is 237. The van der Waals surface area contributed by atoms with E-state index in [0.717, 1.165) is 0 Å². The molecule has 0 aliphatic heterocycles. The van der Waals surface area contributed by atoms with Crippen molar-refractivity contribution >= 4 is 39.9 Å². The summed E-state index contributed by atoms with van der Waals surface area (Å²) in [6, 6.07) is 3.16. The zero-order valence-electron chi connectivity index (χ0n) is 4.87. The first kappa shape index (κ1) is 8.07. The van der Waals surface area contributed by atoms with E-state index in [-0.39, 0.29) is 10.7 Å². The molecule has 2 N–H and O–H groups in total. The fourth-order valence-electron chi connectivity index (χ4n) is 0.541. The van der Waals surface area contributed by atoms with Crippen LogP contribution in [0.15, 0.2) is 12.1 Å². The number of benzene rings is 1. The number of nitrogen functional groups attached to an aromatic ring is 1. The van der Waals surface area contributed by atoms with E-state index < -0.39 is 5.82 Å². The van der Waals surface area contributed by atoms with Crippen LogP contribution in [-0.4, -0.2) is 0 Å². The Morgan fingerprint density at radius 2 is 2.10 bits per heavy atom. The van der Waals surface area contributed by atoms with Crippen molar-refractivity contribution in [2.24, 2.45) is 0 Å². The summed E-state index contributed by atoms with van der Waals surface area (Å²) in [6.45, 7) is 0. The molecular formula is C6H4ClFIN. The van der Waals surface area contributed by atoms with Crippen LogP contribution in [0.2, 0.25) is 5.02 Å². The van der Waals surface area contributed by atoms with Gasteiger partial charge < -0.3 is 5.73 Å². The molecule has 1 aromatic carbocycles. The monoisotopic (exact) mass is 271 g/mol. The highest BCUT2D eigenvalue weighted by Crippen LogP contribution is 2.25. The Balaban J connectivity index is 3.34. The van der Waals surface area contributed by atoms with Gasteiger partial charge in [-0.05, 0) is 34.7 Å². The molecule has 0 aliphatic rings. The van der Waals surface area contributed by atoms with E-state index in [1.807, 2.05) is 22.6 Å². The third kappa shape index (κ3) is 1.34. The number of hydrogen-bond acceptors (Lipinski definition) is 1. The molecule has 0 fully saturated rings. The Labute approximate surface area is 76.5 Å². The van der Waals surface area contributed by atoms with Crippen molar-refractivity contribution in [2.75, 3.05) is 5.73 Å². The van der Waals surface area contributed by atoms with Crippen molar-refractivity contribution in [3.63, 3.8) is 0 Å². The molecule has 0 bridgehead atoms. The number of rotatable bonds is 0. The van der Waals surface area contributed by atoms with Crippen molar-refractivity contribution in [3.8, 4) is 0 Å². The summed E-state index contributed by atoms with van der Waals surface area (Å²) < 4.78 is 13.4. The number of nitrogens with two attached hydrogens (primary N) is 1. The largest absolute Gasteiger partial charge is 0.396 e. The maximum absolute atomic E-state index is 12.7. The molecular weight excluding hydrogens is 267 g/mol. The molecule has 1 nitrogen and oxygen atoms in total. The fraction of sp³-hybridized carbons (Fsp3) is 0. The molecule has 0 atom stereocenters. The minimum atomic E-state index is -0.534. The summed E-state index contributed by atoms with van der Waals surface area (Å²) in [5, 5.41) is 0.0978. The number of halogens is 3. The minimum Gasteiger partial charge on any atom is -0.396 e. The summed E-state index contributed by atoms with van der Waals surface area (Å²) in [5.74, 6) is -0.534. The first-order valence-electron chi connectivity index (χ1n) is 2.52. The van der Waals surface area contributed by atoms with Gasteiger partial charge in [-0.25, -0.2) is 4.39 Å². The summed E-state index contributed by atoms with van der Waals surface area (Å²) >= 11 is 7.46. The van der Waals surface area contributed by atoms with Crippen LogP contribution in [0.5, 0.6) is 0 Å². The lowest BCUT2D eigenvalue weighted by Gasteiger charge is -1.99. The van der Waals surface area contributed by atoms with E-state index in [2.05, 4.69) is 0 Å². The molecule has 10 heavy (non-hydrogen) atoms. The maximum atomic E-state index is 12.7. The molecule has 0 saturated carbocycles. The van der Waals surface area contributed by atoms with Crippen LogP contribution in [0.25, 0.3) is 0 Å². The van der Waals surface area contributed by atoms with Gasteiger partial charge in [0.25, 0.3) is 0 Å². The zero-order valence-corrected chi connectivity index (χ0v) is 7.78. The molecule has 0 radical (unpaired) electrons. The van der Waals surface area contributed by atoms with E-state index in [0.29, 0.717) is 3.57 Å². The normalized spacial score (nSPS) is 9.90. The van der Waals surface area contributed by atoms with E-state index in [9.17, 15) is 4.39 Å². The lowest BCUT2D eigenvalue weighted by Crippen LogP contribution is -1.91. The second-order valence-corrected chi connectivity index (χ2v) is 3.30. The van der Waals surface area contributed by atoms with Crippen molar-refractivity contribution in [1.29, 1.82) is 0 Å². The third-order valence-electron chi connectivity index (χ3n) is 1.07. The molecule has 0 aliphatic carbocycles. The second kappa shape index (κ2) is 2.92. The molecule has 0 heterocycles. The van der Waals surface area contributed by atoms with Crippen LogP contribution >= 0.6 is 34.2 Å². The maximum Gasteiger partial charge on any atom is 0.165 e. The van der Waals surface area contributed by atoms with Gasteiger partial charge in [0.15, 0.2) is 5.82 Å². The van der Waals surface area contributed by atoms with Crippen LogP contribution in [0, 0.1) is 9.39 Å². The smallest absolute Gasteiger partial charge is 0.165 e. The average Bonchev–Trinajstić information content (AvgIpc) is 1.93. The first-order chi connectivity index (χ1) is 4.63. The summed E-state index contributed by atoms with van der Waals surface area (Å²) in [5.41, 5.74) is 5.32. The van der Waals surface area contributed by atoms with Crippen LogP contribution in [-0.2, 0) is 0 Å². The fourth-order valence-corrected chi connectivity index (χ4v) is 1.13. The number of hydrogen-bond donors (Lipinski definition) is 1. The molecule has 1 aromatic rings. The lowest BCUT2D eigenvalue weighted by molar-refractivity contribution is 0.632. The van der Waals surface area contributed by atoms with Gasteiger partial charge in [0.2, 0.25) is 0 Å². The molecule has 54 valence electrons. The Morgan fingerprint density at radius 3 is 2.60 bits per heavy atom. The van der Waals surface area contributed by atoms with Crippen LogP contribution in [0.4, 0.5) is 10.1 Å². The first-order valence-corrected chi connectivity index (χ1v) is 3.97. The number of anilines is 1. The molecule has 0 aromatic heterocycles. The van der Waals surface area contributed by atoms with Gasteiger partial charge in [0.05, 0.1) is 10.7 Å². The highest BCUT2D eigenvalue weighted by Gasteiger charge is 2.05. The second-order valence-electron chi connectivity index (χ2n) is 1.76. The summed E-state index contributed by atoms with van der Waals surface area (Å²) in [7, 11) is 0. The van der Waals surface area contributed by atoms with Crippen LogP contribution in [0.3, 0.4) is 0 Å². The minimum absolute atomic E-state index is 0.0883. The average molecular weight is 271 g/mol. The van der Waals surface area contributed by atoms with Gasteiger partial charge in [-0.2, -0.15) is 0 Å². The Hall–Kier alpha value is -0.0300. The van der Waals surface area contributed by atoms with Gasteiger partial charge in [0, 0.05) is 3.57 Å². The quantitative estimate of drug-likeness (QED) is 0.438. The lowest BCUT2D eigenvalue weighted by atomic mass is 10.3. The predicted octanol–water partition coefficient (Wildman–Crippen LogP) is 2.67. The van der Waals surface area contributed by atoms with E-state index in [1.165, 1.54) is 6.07 Å². The van der Waals surface area contributed by atoms with Crippen molar-refractivity contribution in [3.05, 3.63) is 26.5 Å². The SMILES string of the molecule is Nc1ccc(I)c(Cl)c1F. The molecule has 4 heteroatoms. The van der Waals surface area contributed by atoms with Gasteiger partial charge in [-0.15, -0.1) is 0 Å². The van der Waals surface area contributed by atoms with Crippen LogP contribution in [0.1, 0.15) is 0 Å². The topological polar surface area (TPSA) is 26.0 Å². The summed E-state index contributed by atoms with van der Waals surface area (Å²) in [4.78, 5) is 0. The van der Waals surface area contributed by atoms with Gasteiger partial charge in [-0.3, -0.25) is 0 Å². The van der Waals surface area contributed by atoms with Crippen LogP contribution < -0.4 is 5.73 Å². The Morgan fingerprint density at radius 1 is 1.50 bits per heavy atom. The van der Waals surface area contributed by atoms with Crippen molar-refractivity contribution < 1.29 is 4.39 Å². The zero-order chi connectivity index (χ0) is 7.72. The highest BCUT2D eigenvalue weighted by molar-refractivity contribution is 14.1. The van der Waals surface area contributed by atoms with Crippen molar-refractivity contribution in [1.82, 2.24) is 0 Å². The summed E-state index contributed by atoms with van der Waals surface area (Å²) in [6.07, 6.45) is 0. The van der Waals surface area contributed by atoms with Gasteiger partial charge >= 0.3 is 0 Å². The van der Waals surface area contributed by atoms with E-state index in [4.69, 9.17) is 17.3 Å². The van der Waals surface area contributed by atoms with Crippen molar-refractivity contribution in [2.45, 2.75) is 0 Å². The molecule has 1 rings (SSSR count). The molecule has 0 amide bonds. The standard InChI is InChI=1S/C6H4ClFIN/c7-5-3(9)1-2-4(10)6(5)8/h1-2H,10H2. The predicted molar refractivity (Wildman–Crippen MR) is 48.5 cm³/mol.